The van der Waals surface area contributed by atoms with E-state index in [2.05, 4.69) is 0 Å². The predicted molar refractivity (Wildman–Crippen MR) is 46.9 cm³/mol. The molecule has 0 unspecified atom stereocenters. The highest BCUT2D eigenvalue weighted by molar-refractivity contribution is 4.70. The van der Waals surface area contributed by atoms with Crippen LogP contribution in [0.4, 0.5) is 0 Å². The first-order valence-corrected chi connectivity index (χ1v) is 5.20. The lowest BCUT2D eigenvalue weighted by molar-refractivity contribution is -0.209. The van der Waals surface area contributed by atoms with Gasteiger partial charge in [-0.3, -0.25) is 0 Å². The molecule has 1 saturated heterocycles. The molecule has 1 saturated carbocycles. The van der Waals surface area contributed by atoms with Crippen molar-refractivity contribution in [2.24, 2.45) is 5.92 Å². The molecule has 0 bridgehead atoms. The SMILES string of the molecule is C1CCC(C2OCCCO2)CC1. The van der Waals surface area contributed by atoms with E-state index in [1.165, 1.54) is 32.1 Å². The Hall–Kier alpha value is -0.0800. The Morgan fingerprint density at radius 3 is 2.08 bits per heavy atom. The maximum absolute atomic E-state index is 5.60. The summed E-state index contributed by atoms with van der Waals surface area (Å²) in [6, 6.07) is 0. The minimum Gasteiger partial charge on any atom is -0.352 e. The second kappa shape index (κ2) is 4.24. The van der Waals surface area contributed by atoms with Crippen LogP contribution < -0.4 is 0 Å². The van der Waals surface area contributed by atoms with Gasteiger partial charge in [0.05, 0.1) is 13.2 Å². The molecule has 2 nitrogen and oxygen atoms in total. The molecule has 0 amide bonds. The molecule has 70 valence electrons. The van der Waals surface area contributed by atoms with Crippen molar-refractivity contribution in [2.75, 3.05) is 13.2 Å². The number of hydrogen-bond acceptors (Lipinski definition) is 2. The van der Waals surface area contributed by atoms with Crippen molar-refractivity contribution in [3.8, 4) is 0 Å². The van der Waals surface area contributed by atoms with E-state index >= 15 is 0 Å². The van der Waals surface area contributed by atoms with Crippen molar-refractivity contribution in [1.29, 1.82) is 0 Å². The first kappa shape index (κ1) is 8.52. The van der Waals surface area contributed by atoms with E-state index in [-0.39, 0.29) is 6.29 Å². The van der Waals surface area contributed by atoms with Crippen molar-refractivity contribution in [2.45, 2.75) is 44.8 Å². The van der Waals surface area contributed by atoms with Gasteiger partial charge in [-0.25, -0.2) is 0 Å². The maximum Gasteiger partial charge on any atom is 0.160 e. The molecule has 0 aromatic carbocycles. The van der Waals surface area contributed by atoms with Crippen LogP contribution in [0.25, 0.3) is 0 Å². The molecule has 2 heteroatoms. The van der Waals surface area contributed by atoms with Crippen LogP contribution in [0.3, 0.4) is 0 Å². The topological polar surface area (TPSA) is 18.5 Å². The zero-order valence-electron chi connectivity index (χ0n) is 7.63. The average molecular weight is 170 g/mol. The van der Waals surface area contributed by atoms with Gasteiger partial charge in [0, 0.05) is 5.92 Å². The number of hydrogen-bond donors (Lipinski definition) is 0. The molecule has 0 aromatic rings. The zero-order valence-corrected chi connectivity index (χ0v) is 7.63. The van der Waals surface area contributed by atoms with Gasteiger partial charge in [0.15, 0.2) is 6.29 Å². The largest absolute Gasteiger partial charge is 0.352 e. The zero-order chi connectivity index (χ0) is 8.23. The minimum absolute atomic E-state index is 0.138. The van der Waals surface area contributed by atoms with Crippen LogP contribution in [0.5, 0.6) is 0 Å². The lowest BCUT2D eigenvalue weighted by atomic mass is 9.88. The Kier molecular flexibility index (Phi) is 3.01. The fourth-order valence-electron chi connectivity index (χ4n) is 2.18. The normalized spacial score (nSPS) is 29.0. The molecule has 2 rings (SSSR count). The quantitative estimate of drug-likeness (QED) is 0.601. The van der Waals surface area contributed by atoms with Crippen LogP contribution >= 0.6 is 0 Å². The van der Waals surface area contributed by atoms with Crippen molar-refractivity contribution in [3.05, 3.63) is 0 Å². The molecular formula is C10H18O2. The van der Waals surface area contributed by atoms with Gasteiger partial charge in [0.1, 0.15) is 0 Å². The summed E-state index contributed by atoms with van der Waals surface area (Å²) in [4.78, 5) is 0. The molecule has 12 heavy (non-hydrogen) atoms. The lowest BCUT2D eigenvalue weighted by Crippen LogP contribution is -2.33. The van der Waals surface area contributed by atoms with Crippen LogP contribution in [0.1, 0.15) is 38.5 Å². The molecule has 0 aromatic heterocycles. The summed E-state index contributed by atoms with van der Waals surface area (Å²) in [5.41, 5.74) is 0. The third kappa shape index (κ3) is 1.99. The summed E-state index contributed by atoms with van der Waals surface area (Å²) in [7, 11) is 0. The molecule has 1 aliphatic carbocycles. The van der Waals surface area contributed by atoms with Gasteiger partial charge in [-0.05, 0) is 19.3 Å². The second-order valence-electron chi connectivity index (χ2n) is 3.86. The number of rotatable bonds is 1. The Morgan fingerprint density at radius 2 is 1.42 bits per heavy atom. The summed E-state index contributed by atoms with van der Waals surface area (Å²) in [5.74, 6) is 0.694. The predicted octanol–water partition coefficient (Wildman–Crippen LogP) is 2.33. The van der Waals surface area contributed by atoms with Gasteiger partial charge >= 0.3 is 0 Å². The van der Waals surface area contributed by atoms with E-state index < -0.39 is 0 Å². The summed E-state index contributed by atoms with van der Waals surface area (Å²) >= 11 is 0. The average Bonchev–Trinajstić information content (AvgIpc) is 2.21. The highest BCUT2D eigenvalue weighted by Crippen LogP contribution is 2.29. The van der Waals surface area contributed by atoms with Crippen LogP contribution in [-0.4, -0.2) is 19.5 Å². The van der Waals surface area contributed by atoms with E-state index in [0.717, 1.165) is 19.6 Å². The van der Waals surface area contributed by atoms with E-state index in [4.69, 9.17) is 9.47 Å². The summed E-state index contributed by atoms with van der Waals surface area (Å²) < 4.78 is 11.2. The number of ether oxygens (including phenoxy) is 2. The first-order valence-electron chi connectivity index (χ1n) is 5.20. The third-order valence-electron chi connectivity index (χ3n) is 2.89. The third-order valence-corrected chi connectivity index (χ3v) is 2.89. The molecule has 1 aliphatic heterocycles. The first-order chi connectivity index (χ1) is 5.97. The summed E-state index contributed by atoms with van der Waals surface area (Å²) in [6.45, 7) is 1.81. The van der Waals surface area contributed by atoms with Crippen molar-refractivity contribution < 1.29 is 9.47 Å². The Labute approximate surface area is 74.2 Å². The molecule has 0 spiro atoms. The fourth-order valence-corrected chi connectivity index (χ4v) is 2.18. The standard InChI is InChI=1S/C10H18O2/c1-2-5-9(6-3-1)10-11-7-4-8-12-10/h9-10H,1-8H2. The molecular weight excluding hydrogens is 152 g/mol. The highest BCUT2D eigenvalue weighted by atomic mass is 16.7. The van der Waals surface area contributed by atoms with Crippen molar-refractivity contribution >= 4 is 0 Å². The lowest BCUT2D eigenvalue weighted by Gasteiger charge is -2.32. The smallest absolute Gasteiger partial charge is 0.160 e. The van der Waals surface area contributed by atoms with Gasteiger partial charge in [0.2, 0.25) is 0 Å². The fraction of sp³-hybridized carbons (Fsp3) is 1.00. The van der Waals surface area contributed by atoms with Crippen LogP contribution in [0.15, 0.2) is 0 Å². The van der Waals surface area contributed by atoms with Gasteiger partial charge in [0.25, 0.3) is 0 Å². The minimum atomic E-state index is 0.138. The van der Waals surface area contributed by atoms with E-state index in [1.54, 1.807) is 0 Å². The molecule has 0 N–H and O–H groups in total. The van der Waals surface area contributed by atoms with Crippen LogP contribution in [0.2, 0.25) is 0 Å². The molecule has 2 fully saturated rings. The molecule has 1 heterocycles. The van der Waals surface area contributed by atoms with Crippen molar-refractivity contribution in [3.63, 3.8) is 0 Å². The van der Waals surface area contributed by atoms with E-state index in [0.29, 0.717) is 5.92 Å². The highest BCUT2D eigenvalue weighted by Gasteiger charge is 2.26. The molecule has 0 atom stereocenters. The second-order valence-corrected chi connectivity index (χ2v) is 3.86. The van der Waals surface area contributed by atoms with Gasteiger partial charge in [-0.2, -0.15) is 0 Å². The van der Waals surface area contributed by atoms with Crippen LogP contribution in [-0.2, 0) is 9.47 Å². The Bertz CT molecular complexity index is 108. The van der Waals surface area contributed by atoms with Crippen molar-refractivity contribution in [1.82, 2.24) is 0 Å². The van der Waals surface area contributed by atoms with Gasteiger partial charge in [-0.15, -0.1) is 0 Å². The Balaban J connectivity index is 1.80. The molecule has 2 aliphatic rings. The summed E-state index contributed by atoms with van der Waals surface area (Å²) in [6.07, 6.45) is 7.97. The van der Waals surface area contributed by atoms with Gasteiger partial charge < -0.3 is 9.47 Å². The monoisotopic (exact) mass is 170 g/mol. The van der Waals surface area contributed by atoms with E-state index in [1.807, 2.05) is 0 Å². The summed E-state index contributed by atoms with van der Waals surface area (Å²) in [5, 5.41) is 0. The maximum atomic E-state index is 5.60. The van der Waals surface area contributed by atoms with Crippen LogP contribution in [0, 0.1) is 5.92 Å². The Morgan fingerprint density at radius 1 is 0.750 bits per heavy atom. The van der Waals surface area contributed by atoms with Gasteiger partial charge in [-0.1, -0.05) is 19.3 Å². The molecule has 0 radical (unpaired) electrons. The van der Waals surface area contributed by atoms with E-state index in [9.17, 15) is 0 Å².